The van der Waals surface area contributed by atoms with Crippen molar-refractivity contribution < 1.29 is 9.59 Å². The Balaban J connectivity index is 1.66. The van der Waals surface area contributed by atoms with Gasteiger partial charge in [-0.05, 0) is 49.2 Å². The number of nitrogens with one attached hydrogen (secondary N) is 1. The van der Waals surface area contributed by atoms with Crippen molar-refractivity contribution >= 4 is 33.4 Å². The highest BCUT2D eigenvalue weighted by atomic mass is 79.9. The van der Waals surface area contributed by atoms with E-state index < -0.39 is 0 Å². The van der Waals surface area contributed by atoms with Gasteiger partial charge in [0.05, 0.1) is 6.54 Å². The van der Waals surface area contributed by atoms with Crippen molar-refractivity contribution in [2.24, 2.45) is 0 Å². The summed E-state index contributed by atoms with van der Waals surface area (Å²) in [6, 6.07) is 15.1. The molecule has 1 aliphatic rings. The molecule has 1 N–H and O–H groups in total. The zero-order chi connectivity index (χ0) is 16.4. The predicted molar refractivity (Wildman–Crippen MR) is 93.6 cm³/mol. The molecule has 0 bridgehead atoms. The molecule has 0 aromatic heterocycles. The molecule has 0 fully saturated rings. The van der Waals surface area contributed by atoms with Crippen LogP contribution in [0.25, 0.3) is 0 Å². The van der Waals surface area contributed by atoms with Crippen LogP contribution < -0.4 is 10.2 Å². The lowest BCUT2D eigenvalue weighted by molar-refractivity contribution is -0.118. The largest absolute Gasteiger partial charge is 0.343 e. The maximum Gasteiger partial charge on any atom is 0.251 e. The van der Waals surface area contributed by atoms with Crippen LogP contribution in [-0.2, 0) is 11.2 Å². The van der Waals surface area contributed by atoms with Gasteiger partial charge >= 0.3 is 0 Å². The third-order valence-corrected chi connectivity index (χ3v) is 4.51. The summed E-state index contributed by atoms with van der Waals surface area (Å²) < 4.78 is 0.910. The first-order valence-corrected chi connectivity index (χ1v) is 8.29. The van der Waals surface area contributed by atoms with E-state index in [2.05, 4.69) is 21.2 Å². The van der Waals surface area contributed by atoms with Crippen LogP contribution in [0.2, 0.25) is 0 Å². The summed E-state index contributed by atoms with van der Waals surface area (Å²) in [6.07, 6.45) is 0.850. The molecule has 2 amide bonds. The summed E-state index contributed by atoms with van der Waals surface area (Å²) in [7, 11) is 0. The van der Waals surface area contributed by atoms with Gasteiger partial charge in [0, 0.05) is 21.8 Å². The van der Waals surface area contributed by atoms with Crippen molar-refractivity contribution in [3.05, 3.63) is 64.1 Å². The molecule has 2 aromatic carbocycles. The van der Waals surface area contributed by atoms with E-state index in [1.54, 1.807) is 29.2 Å². The molecule has 2 aromatic rings. The average molecular weight is 373 g/mol. The molecule has 0 aliphatic carbocycles. The number of amides is 2. The number of fused-ring (bicyclic) bond motifs is 1. The summed E-state index contributed by atoms with van der Waals surface area (Å²) in [6.45, 7) is 2.02. The van der Waals surface area contributed by atoms with E-state index in [0.717, 1.165) is 16.6 Å². The Morgan fingerprint density at radius 3 is 2.61 bits per heavy atom. The van der Waals surface area contributed by atoms with Crippen LogP contribution in [-0.4, -0.2) is 24.4 Å². The molecule has 1 aliphatic heterocycles. The standard InChI is InChI=1S/C18H17BrN2O2/c1-12-10-14-4-2-3-5-16(14)21(12)17(22)11-20-18(23)13-6-8-15(19)9-7-13/h2-9,12H,10-11H2,1H3,(H,20,23). The zero-order valence-corrected chi connectivity index (χ0v) is 14.3. The first-order chi connectivity index (χ1) is 11.1. The van der Waals surface area contributed by atoms with Gasteiger partial charge in [-0.3, -0.25) is 9.59 Å². The SMILES string of the molecule is CC1Cc2ccccc2N1C(=O)CNC(=O)c1ccc(Br)cc1. The molecule has 1 atom stereocenters. The third kappa shape index (κ3) is 3.29. The minimum atomic E-state index is -0.244. The molecule has 118 valence electrons. The Kier molecular flexibility index (Phi) is 4.48. The summed E-state index contributed by atoms with van der Waals surface area (Å²) in [5, 5.41) is 2.70. The van der Waals surface area contributed by atoms with Crippen molar-refractivity contribution in [2.75, 3.05) is 11.4 Å². The van der Waals surface area contributed by atoms with Crippen LogP contribution in [0.5, 0.6) is 0 Å². The Labute approximate surface area is 143 Å². The molecule has 3 rings (SSSR count). The number of halogens is 1. The smallest absolute Gasteiger partial charge is 0.251 e. The molecular weight excluding hydrogens is 356 g/mol. The van der Waals surface area contributed by atoms with Crippen molar-refractivity contribution in [1.29, 1.82) is 0 Å². The van der Waals surface area contributed by atoms with E-state index in [4.69, 9.17) is 0 Å². The van der Waals surface area contributed by atoms with Gasteiger partial charge in [-0.2, -0.15) is 0 Å². The maximum atomic E-state index is 12.5. The number of hydrogen-bond acceptors (Lipinski definition) is 2. The lowest BCUT2D eigenvalue weighted by Crippen LogP contribution is -2.43. The van der Waals surface area contributed by atoms with Crippen LogP contribution in [0.4, 0.5) is 5.69 Å². The summed E-state index contributed by atoms with van der Waals surface area (Å²) >= 11 is 3.33. The number of hydrogen-bond donors (Lipinski definition) is 1. The van der Waals surface area contributed by atoms with Crippen molar-refractivity contribution in [3.63, 3.8) is 0 Å². The lowest BCUT2D eigenvalue weighted by Gasteiger charge is -2.22. The van der Waals surface area contributed by atoms with E-state index >= 15 is 0 Å². The highest BCUT2D eigenvalue weighted by Crippen LogP contribution is 2.31. The molecule has 23 heavy (non-hydrogen) atoms. The number of benzene rings is 2. The molecule has 4 nitrogen and oxygen atoms in total. The quantitative estimate of drug-likeness (QED) is 0.899. The van der Waals surface area contributed by atoms with E-state index in [0.29, 0.717) is 5.56 Å². The van der Waals surface area contributed by atoms with Crippen molar-refractivity contribution in [2.45, 2.75) is 19.4 Å². The second-order valence-corrected chi connectivity index (χ2v) is 6.55. The van der Waals surface area contributed by atoms with E-state index in [-0.39, 0.29) is 24.4 Å². The second-order valence-electron chi connectivity index (χ2n) is 5.64. The predicted octanol–water partition coefficient (Wildman–Crippen LogP) is 3.16. The van der Waals surface area contributed by atoms with Crippen LogP contribution in [0.3, 0.4) is 0 Å². The lowest BCUT2D eigenvalue weighted by atomic mass is 10.1. The molecule has 1 heterocycles. The normalized spacial score (nSPS) is 16.1. The minimum absolute atomic E-state index is 0.00638. The van der Waals surface area contributed by atoms with Crippen LogP contribution in [0.15, 0.2) is 53.0 Å². The number of anilines is 1. The third-order valence-electron chi connectivity index (χ3n) is 3.98. The van der Waals surface area contributed by atoms with Crippen molar-refractivity contribution in [3.8, 4) is 0 Å². The molecule has 0 radical (unpaired) electrons. The molecule has 5 heteroatoms. The molecule has 1 unspecified atom stereocenters. The van der Waals surface area contributed by atoms with Gasteiger partial charge in [0.1, 0.15) is 0 Å². The molecule has 0 saturated heterocycles. The van der Waals surface area contributed by atoms with Crippen LogP contribution in [0, 0.1) is 0 Å². The number of nitrogens with zero attached hydrogens (tertiary/aromatic N) is 1. The highest BCUT2D eigenvalue weighted by molar-refractivity contribution is 9.10. The van der Waals surface area contributed by atoms with E-state index in [9.17, 15) is 9.59 Å². The Morgan fingerprint density at radius 2 is 1.87 bits per heavy atom. The Morgan fingerprint density at radius 1 is 1.17 bits per heavy atom. The monoisotopic (exact) mass is 372 g/mol. The highest BCUT2D eigenvalue weighted by Gasteiger charge is 2.30. The number of carbonyl (C=O) groups excluding carboxylic acids is 2. The molecule has 0 saturated carbocycles. The van der Waals surface area contributed by atoms with Gasteiger partial charge in [-0.25, -0.2) is 0 Å². The van der Waals surface area contributed by atoms with Gasteiger partial charge in [0.2, 0.25) is 5.91 Å². The fourth-order valence-corrected chi connectivity index (χ4v) is 3.15. The van der Waals surface area contributed by atoms with Crippen LogP contribution in [0.1, 0.15) is 22.8 Å². The summed E-state index contributed by atoms with van der Waals surface area (Å²) in [5.74, 6) is -0.334. The van der Waals surface area contributed by atoms with Gasteiger partial charge in [-0.1, -0.05) is 34.1 Å². The van der Waals surface area contributed by atoms with Gasteiger partial charge in [0.25, 0.3) is 5.91 Å². The zero-order valence-electron chi connectivity index (χ0n) is 12.8. The van der Waals surface area contributed by atoms with Crippen LogP contribution >= 0.6 is 15.9 Å². The number of rotatable bonds is 3. The number of carbonyl (C=O) groups is 2. The van der Waals surface area contributed by atoms with E-state index in [1.807, 2.05) is 31.2 Å². The summed E-state index contributed by atoms with van der Waals surface area (Å²) in [5.41, 5.74) is 2.66. The Bertz CT molecular complexity index is 743. The minimum Gasteiger partial charge on any atom is -0.343 e. The number of para-hydroxylation sites is 1. The topological polar surface area (TPSA) is 49.4 Å². The van der Waals surface area contributed by atoms with E-state index in [1.165, 1.54) is 5.56 Å². The fraction of sp³-hybridized carbons (Fsp3) is 0.222. The molecular formula is C18H17BrN2O2. The maximum absolute atomic E-state index is 12.5. The van der Waals surface area contributed by atoms with Gasteiger partial charge < -0.3 is 10.2 Å². The average Bonchev–Trinajstić information content (AvgIpc) is 2.88. The van der Waals surface area contributed by atoms with Gasteiger partial charge in [-0.15, -0.1) is 0 Å². The molecule has 0 spiro atoms. The van der Waals surface area contributed by atoms with Crippen molar-refractivity contribution in [1.82, 2.24) is 5.32 Å². The Hall–Kier alpha value is -2.14. The van der Waals surface area contributed by atoms with Gasteiger partial charge in [0.15, 0.2) is 0 Å². The first-order valence-electron chi connectivity index (χ1n) is 7.50. The second kappa shape index (κ2) is 6.54. The first kappa shape index (κ1) is 15.7. The fourth-order valence-electron chi connectivity index (χ4n) is 2.89. The summed E-state index contributed by atoms with van der Waals surface area (Å²) in [4.78, 5) is 26.4.